The Morgan fingerprint density at radius 1 is 1.19 bits per heavy atom. The summed E-state index contributed by atoms with van der Waals surface area (Å²) >= 11 is 7.90. The highest BCUT2D eigenvalue weighted by Gasteiger charge is 2.11. The first kappa shape index (κ1) is 14.3. The first-order chi connectivity index (χ1) is 10.1. The first-order valence-electron chi connectivity index (χ1n) is 6.68. The van der Waals surface area contributed by atoms with Crippen molar-refractivity contribution in [2.24, 2.45) is 0 Å². The Balaban J connectivity index is 2.12. The van der Waals surface area contributed by atoms with Gasteiger partial charge in [-0.15, -0.1) is 11.3 Å². The van der Waals surface area contributed by atoms with Crippen molar-refractivity contribution in [2.75, 3.05) is 7.11 Å². The summed E-state index contributed by atoms with van der Waals surface area (Å²) in [5, 5.41) is 3.32. The van der Waals surface area contributed by atoms with Crippen LogP contribution in [0, 0.1) is 0 Å². The van der Waals surface area contributed by atoms with E-state index in [9.17, 15) is 0 Å². The van der Waals surface area contributed by atoms with Crippen LogP contribution < -0.4 is 4.74 Å². The number of thiophene rings is 1. The zero-order chi connectivity index (χ0) is 15.0. The van der Waals surface area contributed by atoms with Crippen LogP contribution in [-0.4, -0.2) is 17.1 Å². The molecule has 2 heterocycles. The van der Waals surface area contributed by atoms with Gasteiger partial charge in [-0.05, 0) is 23.6 Å². The molecule has 0 amide bonds. The quantitative estimate of drug-likeness (QED) is 0.627. The van der Waals surface area contributed by atoms with Crippen LogP contribution in [0.1, 0.15) is 25.3 Å². The van der Waals surface area contributed by atoms with Gasteiger partial charge in [0.2, 0.25) is 0 Å². The molecule has 0 aliphatic carbocycles. The maximum atomic E-state index is 6.35. The van der Waals surface area contributed by atoms with E-state index >= 15 is 0 Å². The molecule has 0 unspecified atom stereocenters. The van der Waals surface area contributed by atoms with E-state index < -0.39 is 0 Å². The molecule has 3 nitrogen and oxygen atoms in total. The van der Waals surface area contributed by atoms with Gasteiger partial charge in [0.25, 0.3) is 0 Å². The summed E-state index contributed by atoms with van der Waals surface area (Å²) in [5.41, 5.74) is 2.10. The Bertz CT molecular complexity index is 798. The van der Waals surface area contributed by atoms with Crippen molar-refractivity contribution >= 4 is 33.8 Å². The molecular formula is C16H15ClN2OS. The van der Waals surface area contributed by atoms with Gasteiger partial charge in [0.15, 0.2) is 5.82 Å². The zero-order valence-electron chi connectivity index (χ0n) is 12.1. The number of methoxy groups -OCH3 is 1. The van der Waals surface area contributed by atoms with Crippen LogP contribution in [0.4, 0.5) is 0 Å². The van der Waals surface area contributed by atoms with E-state index in [4.69, 9.17) is 16.3 Å². The number of aromatic nitrogens is 2. The SMILES string of the molecule is COc1csc(-c2nc(Cl)c3cc(C(C)C)ccc3n2)c1. The lowest BCUT2D eigenvalue weighted by Crippen LogP contribution is -1.93. The molecule has 21 heavy (non-hydrogen) atoms. The van der Waals surface area contributed by atoms with E-state index in [0.29, 0.717) is 16.9 Å². The summed E-state index contributed by atoms with van der Waals surface area (Å²) in [5.74, 6) is 1.90. The molecule has 0 N–H and O–H groups in total. The molecule has 2 aromatic heterocycles. The molecule has 3 aromatic rings. The first-order valence-corrected chi connectivity index (χ1v) is 7.94. The van der Waals surface area contributed by atoms with Crippen LogP contribution in [0.3, 0.4) is 0 Å². The third-order valence-electron chi connectivity index (χ3n) is 3.37. The molecule has 108 valence electrons. The molecule has 1 aromatic carbocycles. The predicted octanol–water partition coefficient (Wildman–Crippen LogP) is 5.14. The number of benzene rings is 1. The Kier molecular flexibility index (Phi) is 3.83. The van der Waals surface area contributed by atoms with E-state index in [0.717, 1.165) is 21.5 Å². The maximum absolute atomic E-state index is 6.35. The number of hydrogen-bond acceptors (Lipinski definition) is 4. The fourth-order valence-electron chi connectivity index (χ4n) is 2.12. The van der Waals surface area contributed by atoms with E-state index in [1.807, 2.05) is 17.5 Å². The lowest BCUT2D eigenvalue weighted by atomic mass is 10.0. The second-order valence-corrected chi connectivity index (χ2v) is 6.39. The average Bonchev–Trinajstić information content (AvgIpc) is 2.95. The van der Waals surface area contributed by atoms with E-state index in [-0.39, 0.29) is 0 Å². The van der Waals surface area contributed by atoms with Gasteiger partial charge >= 0.3 is 0 Å². The largest absolute Gasteiger partial charge is 0.496 e. The van der Waals surface area contributed by atoms with Crippen molar-refractivity contribution in [2.45, 2.75) is 19.8 Å². The summed E-state index contributed by atoms with van der Waals surface area (Å²) in [6.07, 6.45) is 0. The van der Waals surface area contributed by atoms with Crippen LogP contribution in [0.15, 0.2) is 29.6 Å². The van der Waals surface area contributed by atoms with Gasteiger partial charge in [0.1, 0.15) is 10.9 Å². The van der Waals surface area contributed by atoms with Crippen molar-refractivity contribution in [3.8, 4) is 16.5 Å². The second-order valence-electron chi connectivity index (χ2n) is 5.12. The predicted molar refractivity (Wildman–Crippen MR) is 88.5 cm³/mol. The van der Waals surface area contributed by atoms with Gasteiger partial charge in [-0.2, -0.15) is 0 Å². The van der Waals surface area contributed by atoms with E-state index in [1.165, 1.54) is 5.56 Å². The third kappa shape index (κ3) is 2.74. The summed E-state index contributed by atoms with van der Waals surface area (Å²) in [6, 6.07) is 8.09. The molecule has 0 fully saturated rings. The van der Waals surface area contributed by atoms with Gasteiger partial charge in [0.05, 0.1) is 17.5 Å². The molecular weight excluding hydrogens is 304 g/mol. The fraction of sp³-hybridized carbons (Fsp3) is 0.250. The minimum atomic E-state index is 0.451. The molecule has 0 bridgehead atoms. The van der Waals surface area contributed by atoms with Crippen molar-refractivity contribution in [1.82, 2.24) is 9.97 Å². The van der Waals surface area contributed by atoms with Gasteiger partial charge in [-0.25, -0.2) is 9.97 Å². The molecule has 0 radical (unpaired) electrons. The standard InChI is InChI=1S/C16H15ClN2OS/c1-9(2)10-4-5-13-12(6-10)15(17)19-16(18-13)14-7-11(20-3)8-21-14/h4-9H,1-3H3. The van der Waals surface area contributed by atoms with Gasteiger partial charge in [-0.1, -0.05) is 31.5 Å². The summed E-state index contributed by atoms with van der Waals surface area (Å²) in [7, 11) is 1.65. The van der Waals surface area contributed by atoms with Crippen molar-refractivity contribution < 1.29 is 4.74 Å². The van der Waals surface area contributed by atoms with Crippen LogP contribution in [0.25, 0.3) is 21.6 Å². The lowest BCUT2D eigenvalue weighted by Gasteiger charge is -2.08. The molecule has 0 aliphatic heterocycles. The minimum absolute atomic E-state index is 0.451. The normalized spacial score (nSPS) is 11.3. The number of ether oxygens (including phenoxy) is 1. The Hall–Kier alpha value is -1.65. The number of fused-ring (bicyclic) bond motifs is 1. The lowest BCUT2D eigenvalue weighted by molar-refractivity contribution is 0.417. The second kappa shape index (κ2) is 5.62. The molecule has 0 aliphatic rings. The Morgan fingerprint density at radius 2 is 2.00 bits per heavy atom. The Morgan fingerprint density at radius 3 is 2.67 bits per heavy atom. The number of hydrogen-bond donors (Lipinski definition) is 0. The zero-order valence-corrected chi connectivity index (χ0v) is 13.6. The van der Waals surface area contributed by atoms with Crippen molar-refractivity contribution in [3.63, 3.8) is 0 Å². The highest BCUT2D eigenvalue weighted by molar-refractivity contribution is 7.13. The molecule has 0 saturated carbocycles. The number of rotatable bonds is 3. The molecule has 0 spiro atoms. The van der Waals surface area contributed by atoms with Crippen LogP contribution in [0.5, 0.6) is 5.75 Å². The third-order valence-corrected chi connectivity index (χ3v) is 4.56. The number of halogens is 1. The van der Waals surface area contributed by atoms with Crippen LogP contribution in [0.2, 0.25) is 5.15 Å². The Labute approximate surface area is 132 Å². The van der Waals surface area contributed by atoms with Gasteiger partial charge < -0.3 is 4.74 Å². The molecule has 0 saturated heterocycles. The van der Waals surface area contributed by atoms with Gasteiger partial charge in [0, 0.05) is 16.8 Å². The smallest absolute Gasteiger partial charge is 0.171 e. The van der Waals surface area contributed by atoms with Crippen molar-refractivity contribution in [3.05, 3.63) is 40.4 Å². The fourth-order valence-corrected chi connectivity index (χ4v) is 3.14. The molecule has 0 atom stereocenters. The minimum Gasteiger partial charge on any atom is -0.496 e. The van der Waals surface area contributed by atoms with Crippen LogP contribution >= 0.6 is 22.9 Å². The summed E-state index contributed by atoms with van der Waals surface area (Å²) in [6.45, 7) is 4.31. The van der Waals surface area contributed by atoms with E-state index in [2.05, 4.69) is 35.9 Å². The topological polar surface area (TPSA) is 35.0 Å². The maximum Gasteiger partial charge on any atom is 0.171 e. The van der Waals surface area contributed by atoms with E-state index in [1.54, 1.807) is 18.4 Å². The summed E-state index contributed by atoms with van der Waals surface area (Å²) in [4.78, 5) is 9.99. The van der Waals surface area contributed by atoms with Crippen LogP contribution in [-0.2, 0) is 0 Å². The summed E-state index contributed by atoms with van der Waals surface area (Å²) < 4.78 is 5.20. The number of nitrogens with zero attached hydrogens (tertiary/aromatic N) is 2. The average molecular weight is 319 g/mol. The molecule has 5 heteroatoms. The highest BCUT2D eigenvalue weighted by atomic mass is 35.5. The monoisotopic (exact) mass is 318 g/mol. The van der Waals surface area contributed by atoms with Crippen molar-refractivity contribution in [1.29, 1.82) is 0 Å². The highest BCUT2D eigenvalue weighted by Crippen LogP contribution is 2.32. The van der Waals surface area contributed by atoms with Gasteiger partial charge in [-0.3, -0.25) is 0 Å². The molecule has 3 rings (SSSR count).